The van der Waals surface area contributed by atoms with E-state index >= 15 is 0 Å². The van der Waals surface area contributed by atoms with Crippen LogP contribution in [0.5, 0.6) is 0 Å². The number of hydrogen-bond donors (Lipinski definition) is 1. The molecule has 1 heterocycles. The molecule has 0 saturated carbocycles. The van der Waals surface area contributed by atoms with Gasteiger partial charge in [0.1, 0.15) is 6.04 Å². The van der Waals surface area contributed by atoms with Gasteiger partial charge in [0, 0.05) is 30.0 Å². The Labute approximate surface area is 140 Å². The topological polar surface area (TPSA) is 49.4 Å². The molecule has 1 aliphatic rings. The maximum atomic E-state index is 12.6. The van der Waals surface area contributed by atoms with Crippen LogP contribution >= 0.6 is 15.9 Å². The highest BCUT2D eigenvalue weighted by molar-refractivity contribution is 9.09. The molecule has 0 fully saturated rings. The zero-order valence-electron chi connectivity index (χ0n) is 13.2. The predicted octanol–water partition coefficient (Wildman–Crippen LogP) is 3.34. The van der Waals surface area contributed by atoms with Crippen LogP contribution < -0.4 is 10.2 Å². The Morgan fingerprint density at radius 2 is 2.14 bits per heavy atom. The number of unbranched alkanes of at least 4 members (excludes halogenated alkanes) is 1. The molecular formula is C17H23BrN2O2. The van der Waals surface area contributed by atoms with E-state index in [-0.39, 0.29) is 11.8 Å². The van der Waals surface area contributed by atoms with Crippen LogP contribution in [0.25, 0.3) is 0 Å². The molecule has 1 aromatic rings. The van der Waals surface area contributed by atoms with Crippen molar-refractivity contribution in [3.8, 4) is 0 Å². The van der Waals surface area contributed by atoms with Gasteiger partial charge >= 0.3 is 0 Å². The maximum absolute atomic E-state index is 12.6. The number of carbonyl (C=O) groups is 2. The molecule has 0 radical (unpaired) electrons. The summed E-state index contributed by atoms with van der Waals surface area (Å²) in [5.74, 6) is -0.204. The zero-order chi connectivity index (χ0) is 16.1. The Morgan fingerprint density at radius 1 is 1.36 bits per heavy atom. The van der Waals surface area contributed by atoms with Crippen LogP contribution in [0.1, 0.15) is 50.3 Å². The van der Waals surface area contributed by atoms with Crippen LogP contribution in [0.4, 0.5) is 5.69 Å². The van der Waals surface area contributed by atoms with E-state index in [0.29, 0.717) is 6.54 Å². The molecule has 1 N–H and O–H groups in total. The van der Waals surface area contributed by atoms with Crippen LogP contribution in [-0.4, -0.2) is 23.7 Å². The van der Waals surface area contributed by atoms with Crippen molar-refractivity contribution < 1.29 is 9.59 Å². The number of carbonyl (C=O) groups excluding carboxylic acids is 2. The monoisotopic (exact) mass is 366 g/mol. The van der Waals surface area contributed by atoms with E-state index in [1.54, 1.807) is 4.90 Å². The number of benzene rings is 1. The second kappa shape index (κ2) is 7.77. The third-order valence-corrected chi connectivity index (χ3v) is 4.45. The molecule has 0 aromatic heterocycles. The van der Waals surface area contributed by atoms with Crippen molar-refractivity contribution in [2.45, 2.75) is 45.6 Å². The van der Waals surface area contributed by atoms with Crippen LogP contribution in [0.15, 0.2) is 18.2 Å². The number of alkyl halides is 1. The summed E-state index contributed by atoms with van der Waals surface area (Å²) in [4.78, 5) is 25.9. The van der Waals surface area contributed by atoms with Gasteiger partial charge in [0.15, 0.2) is 0 Å². The second-order valence-electron chi connectivity index (χ2n) is 5.66. The normalized spacial score (nSPS) is 16.8. The van der Waals surface area contributed by atoms with Gasteiger partial charge < -0.3 is 10.2 Å². The number of fused-ring (bicyclic) bond motifs is 1. The summed E-state index contributed by atoms with van der Waals surface area (Å²) in [6.45, 7) is 4.29. The molecule has 0 saturated heterocycles. The van der Waals surface area contributed by atoms with E-state index in [9.17, 15) is 9.59 Å². The number of halogens is 1. The molecule has 5 heteroatoms. The molecule has 0 spiro atoms. The fourth-order valence-corrected chi connectivity index (χ4v) is 3.07. The van der Waals surface area contributed by atoms with Gasteiger partial charge in [-0.1, -0.05) is 41.4 Å². The Morgan fingerprint density at radius 3 is 2.77 bits per heavy atom. The fraction of sp³-hybridized carbons (Fsp3) is 0.529. The maximum Gasteiger partial charge on any atom is 0.254 e. The molecule has 120 valence electrons. The van der Waals surface area contributed by atoms with E-state index in [1.165, 1.54) is 12.5 Å². The summed E-state index contributed by atoms with van der Waals surface area (Å²) in [7, 11) is 0. The summed E-state index contributed by atoms with van der Waals surface area (Å²) in [5, 5.41) is 3.65. The standard InChI is InChI=1S/C17H23BrN2O2/c1-3-4-6-13-7-8-15-14(11-13)16(19-12(2)21)17(22)20(15)10-5-9-18/h7-8,11,16H,3-6,9-10H2,1-2H3,(H,19,21)/t16-/m1/s1. The Bertz CT molecular complexity index is 560. The molecule has 2 amide bonds. The minimum atomic E-state index is -0.538. The van der Waals surface area contributed by atoms with Gasteiger partial charge in [-0.05, 0) is 30.9 Å². The quantitative estimate of drug-likeness (QED) is 0.752. The smallest absolute Gasteiger partial charge is 0.254 e. The lowest BCUT2D eigenvalue weighted by Crippen LogP contribution is -2.37. The van der Waals surface area contributed by atoms with Gasteiger partial charge in [-0.15, -0.1) is 0 Å². The van der Waals surface area contributed by atoms with Crippen molar-refractivity contribution in [2.24, 2.45) is 0 Å². The second-order valence-corrected chi connectivity index (χ2v) is 6.46. The minimum absolute atomic E-state index is 0.0289. The molecule has 1 aromatic carbocycles. The number of aryl methyl sites for hydroxylation is 1. The summed E-state index contributed by atoms with van der Waals surface area (Å²) in [6.07, 6.45) is 4.16. The number of rotatable bonds is 7. The molecule has 2 rings (SSSR count). The fourth-order valence-electron chi connectivity index (χ4n) is 2.82. The van der Waals surface area contributed by atoms with Crippen LogP contribution in [0, 0.1) is 0 Å². The highest BCUT2D eigenvalue weighted by atomic mass is 79.9. The van der Waals surface area contributed by atoms with E-state index in [4.69, 9.17) is 0 Å². The van der Waals surface area contributed by atoms with Crippen molar-refractivity contribution >= 4 is 33.4 Å². The number of nitrogens with zero attached hydrogens (tertiary/aromatic N) is 1. The largest absolute Gasteiger partial charge is 0.341 e. The highest BCUT2D eigenvalue weighted by Crippen LogP contribution is 2.37. The van der Waals surface area contributed by atoms with E-state index in [0.717, 1.165) is 42.3 Å². The number of hydrogen-bond acceptors (Lipinski definition) is 2. The number of amides is 2. The van der Waals surface area contributed by atoms with Crippen molar-refractivity contribution in [1.82, 2.24) is 5.32 Å². The van der Waals surface area contributed by atoms with Crippen LogP contribution in [0.3, 0.4) is 0 Å². The lowest BCUT2D eigenvalue weighted by molar-refractivity contribution is -0.126. The lowest BCUT2D eigenvalue weighted by Gasteiger charge is -2.17. The van der Waals surface area contributed by atoms with Crippen LogP contribution in [-0.2, 0) is 16.0 Å². The first kappa shape index (κ1) is 17.0. The van der Waals surface area contributed by atoms with E-state index < -0.39 is 6.04 Å². The summed E-state index contributed by atoms with van der Waals surface area (Å²) < 4.78 is 0. The third kappa shape index (κ3) is 3.69. The van der Waals surface area contributed by atoms with Gasteiger partial charge in [0.25, 0.3) is 5.91 Å². The molecule has 4 nitrogen and oxygen atoms in total. The SMILES string of the molecule is CCCCc1ccc2c(c1)[C@@H](NC(C)=O)C(=O)N2CCCBr. The number of anilines is 1. The van der Waals surface area contributed by atoms with Gasteiger partial charge in [-0.3, -0.25) is 9.59 Å². The molecular weight excluding hydrogens is 344 g/mol. The Balaban J connectivity index is 2.31. The molecule has 0 unspecified atom stereocenters. The predicted molar refractivity (Wildman–Crippen MR) is 92.4 cm³/mol. The van der Waals surface area contributed by atoms with Crippen LogP contribution in [0.2, 0.25) is 0 Å². The van der Waals surface area contributed by atoms with Crippen molar-refractivity contribution in [3.05, 3.63) is 29.3 Å². The molecule has 1 aliphatic heterocycles. The minimum Gasteiger partial charge on any atom is -0.341 e. The van der Waals surface area contributed by atoms with Crippen molar-refractivity contribution in [2.75, 3.05) is 16.8 Å². The molecule has 1 atom stereocenters. The van der Waals surface area contributed by atoms with Gasteiger partial charge in [-0.25, -0.2) is 0 Å². The zero-order valence-corrected chi connectivity index (χ0v) is 14.8. The summed E-state index contributed by atoms with van der Waals surface area (Å²) in [6, 6.07) is 5.66. The average Bonchev–Trinajstić information content (AvgIpc) is 2.75. The lowest BCUT2D eigenvalue weighted by atomic mass is 10.0. The Kier molecular flexibility index (Phi) is 6.00. The first-order valence-electron chi connectivity index (χ1n) is 7.85. The average molecular weight is 367 g/mol. The molecule has 22 heavy (non-hydrogen) atoms. The summed E-state index contributed by atoms with van der Waals surface area (Å²) in [5.41, 5.74) is 3.10. The third-order valence-electron chi connectivity index (χ3n) is 3.89. The van der Waals surface area contributed by atoms with Crippen molar-refractivity contribution in [3.63, 3.8) is 0 Å². The van der Waals surface area contributed by atoms with Gasteiger partial charge in [0.2, 0.25) is 5.91 Å². The highest BCUT2D eigenvalue weighted by Gasteiger charge is 2.37. The first-order valence-corrected chi connectivity index (χ1v) is 8.98. The first-order chi connectivity index (χ1) is 10.6. The van der Waals surface area contributed by atoms with E-state index in [1.807, 2.05) is 6.07 Å². The van der Waals surface area contributed by atoms with Crippen molar-refractivity contribution in [1.29, 1.82) is 0 Å². The summed E-state index contributed by atoms with van der Waals surface area (Å²) >= 11 is 3.40. The van der Waals surface area contributed by atoms with Gasteiger partial charge in [-0.2, -0.15) is 0 Å². The Hall–Kier alpha value is -1.36. The van der Waals surface area contributed by atoms with Gasteiger partial charge in [0.05, 0.1) is 0 Å². The molecule has 0 aliphatic carbocycles. The molecule has 0 bridgehead atoms. The number of nitrogens with one attached hydrogen (secondary N) is 1. The van der Waals surface area contributed by atoms with E-state index in [2.05, 4.69) is 40.3 Å².